The molecule has 0 fully saturated rings. The molecular weight excluding hydrogens is 793 g/mol. The van der Waals surface area contributed by atoms with E-state index in [0.717, 1.165) is 25.2 Å². The first kappa shape index (κ1) is 55.3. The normalized spacial score (nSPS) is 12.9. The molecule has 24 heteroatoms. The number of hydrogen-bond acceptors (Lipinski definition) is 21. The molecule has 0 rings (SSSR count). The molecule has 4 N–H and O–H groups in total. The first-order chi connectivity index (χ1) is 25.4. The summed E-state index contributed by atoms with van der Waals surface area (Å²) >= 11 is 0. The van der Waals surface area contributed by atoms with Crippen LogP contribution in [-0.2, 0) is 80.8 Å². The Morgan fingerprint density at radius 1 is 0.352 bits per heavy atom. The maximum Gasteiger partial charge on any atom is 0.264 e. The molecule has 0 aliphatic carbocycles. The van der Waals surface area contributed by atoms with E-state index in [0.29, 0.717) is 6.61 Å². The molecule has 328 valence electrons. The Morgan fingerprint density at radius 2 is 0.556 bits per heavy atom. The molecule has 0 saturated carbocycles. The molecule has 0 amide bonds. The predicted octanol–water partition coefficient (Wildman–Crippen LogP) is -2.61. The fourth-order valence-electron chi connectivity index (χ4n) is 3.94. The van der Waals surface area contributed by atoms with Crippen molar-refractivity contribution >= 4 is 30.4 Å². The lowest BCUT2D eigenvalue weighted by molar-refractivity contribution is -0.115. The Kier molecular flexibility index (Phi) is 34.1. The summed E-state index contributed by atoms with van der Waals surface area (Å²) in [6.07, 6.45) is 3.53. The quantitative estimate of drug-likeness (QED) is 0.0365. The molecule has 21 nitrogen and oxygen atoms in total. The number of aliphatic hydroxyl groups excluding tert-OH is 4. The Balaban J connectivity index is 0. The van der Waals surface area contributed by atoms with Gasteiger partial charge in [0.05, 0.1) is 175 Å². The van der Waals surface area contributed by atoms with E-state index in [1.54, 1.807) is 0 Å². The van der Waals surface area contributed by atoms with Crippen LogP contribution in [-0.4, -0.2) is 216 Å². The molecule has 0 spiro atoms. The maximum atomic E-state index is 11.1. The van der Waals surface area contributed by atoms with Gasteiger partial charge in [0.25, 0.3) is 30.4 Å². The van der Waals surface area contributed by atoms with Crippen LogP contribution in [0.3, 0.4) is 0 Å². The van der Waals surface area contributed by atoms with Gasteiger partial charge in [-0.3, -0.25) is 12.5 Å². The van der Waals surface area contributed by atoms with Crippen molar-refractivity contribution in [3.63, 3.8) is 0 Å². The summed E-state index contributed by atoms with van der Waals surface area (Å²) in [5.41, 5.74) is -1.49. The molecule has 0 atom stereocenters. The van der Waals surface area contributed by atoms with Gasteiger partial charge in [-0.1, -0.05) is 6.92 Å². The minimum Gasteiger partial charge on any atom is -0.394 e. The standard InChI is InChI=1S/C17H36O13S3.C13H28O8/c1-5-6-24-13-17(14-25-7-10-28-31(2,18)19,15-26-8-11-29-32(3,20)21)16-27-9-12-30-33(4,22)23;14-1-5-18-9-13(10-19-6-2-15,11-20-7-3-16)12-21-8-4-17/h5-16H2,1-4H3;14-17H,1-12H2. The Hall–Kier alpha value is -0.750. The van der Waals surface area contributed by atoms with Crippen LogP contribution in [0.15, 0.2) is 0 Å². The minimum absolute atomic E-state index is 0.0308. The first-order valence-corrected chi connectivity index (χ1v) is 22.5. The van der Waals surface area contributed by atoms with Crippen LogP contribution in [0, 0.1) is 10.8 Å². The topological polar surface area (TPSA) is 285 Å². The molecule has 0 aromatic heterocycles. The van der Waals surface area contributed by atoms with E-state index in [-0.39, 0.29) is 145 Å². The van der Waals surface area contributed by atoms with Crippen LogP contribution in [0.5, 0.6) is 0 Å². The second kappa shape index (κ2) is 33.2. The van der Waals surface area contributed by atoms with Crippen LogP contribution in [0.2, 0.25) is 0 Å². The van der Waals surface area contributed by atoms with Crippen molar-refractivity contribution in [1.29, 1.82) is 0 Å². The molecule has 0 aromatic rings. The Bertz CT molecular complexity index is 1040. The smallest absolute Gasteiger partial charge is 0.264 e. The van der Waals surface area contributed by atoms with Crippen LogP contribution in [0.25, 0.3) is 0 Å². The van der Waals surface area contributed by atoms with E-state index in [9.17, 15) is 25.3 Å². The lowest BCUT2D eigenvalue weighted by Gasteiger charge is -2.33. The first-order valence-electron chi connectivity index (χ1n) is 17.0. The summed E-state index contributed by atoms with van der Waals surface area (Å²) in [4.78, 5) is 0. The number of aliphatic hydroxyl groups is 4. The van der Waals surface area contributed by atoms with Crippen molar-refractivity contribution in [1.82, 2.24) is 0 Å². The fourth-order valence-corrected chi connectivity index (χ4v) is 5.06. The van der Waals surface area contributed by atoms with Crippen molar-refractivity contribution in [2.75, 3.05) is 171 Å². The summed E-state index contributed by atoms with van der Waals surface area (Å²) in [6, 6.07) is 0. The van der Waals surface area contributed by atoms with Gasteiger partial charge in [0.2, 0.25) is 0 Å². The van der Waals surface area contributed by atoms with Gasteiger partial charge in [-0.15, -0.1) is 0 Å². The van der Waals surface area contributed by atoms with Gasteiger partial charge in [-0.2, -0.15) is 25.3 Å². The zero-order valence-electron chi connectivity index (χ0n) is 31.9. The number of ether oxygens (including phenoxy) is 8. The molecule has 0 heterocycles. The van der Waals surface area contributed by atoms with Gasteiger partial charge in [0.1, 0.15) is 0 Å². The molecule has 0 radical (unpaired) electrons. The van der Waals surface area contributed by atoms with Crippen LogP contribution in [0.4, 0.5) is 0 Å². The van der Waals surface area contributed by atoms with Gasteiger partial charge < -0.3 is 58.3 Å². The lowest BCUT2D eigenvalue weighted by Crippen LogP contribution is -2.42. The van der Waals surface area contributed by atoms with Gasteiger partial charge in [0, 0.05) is 6.61 Å². The second-order valence-corrected chi connectivity index (χ2v) is 16.8. The molecule has 0 bridgehead atoms. The SMILES string of the molecule is CCCOCC(COCCOS(C)(=O)=O)(COCCOS(C)(=O)=O)COCCOS(C)(=O)=O.OCCOCC(COCCO)(COCCO)COCCO. The molecule has 0 aliphatic rings. The van der Waals surface area contributed by atoms with Gasteiger partial charge in [-0.25, -0.2) is 0 Å². The van der Waals surface area contributed by atoms with Crippen molar-refractivity contribution < 1.29 is 96.1 Å². The van der Waals surface area contributed by atoms with Crippen LogP contribution in [0.1, 0.15) is 13.3 Å². The molecule has 0 unspecified atom stereocenters. The molecule has 0 aromatic carbocycles. The predicted molar refractivity (Wildman–Crippen MR) is 192 cm³/mol. The van der Waals surface area contributed by atoms with E-state index in [4.69, 9.17) is 58.3 Å². The monoisotopic (exact) mass is 856 g/mol. The highest BCUT2D eigenvalue weighted by Gasteiger charge is 2.33. The third kappa shape index (κ3) is 36.9. The highest BCUT2D eigenvalue weighted by molar-refractivity contribution is 7.86. The number of hydrogen-bond donors (Lipinski definition) is 4. The van der Waals surface area contributed by atoms with E-state index in [1.807, 2.05) is 6.92 Å². The molecular formula is C30H64O21S3. The van der Waals surface area contributed by atoms with E-state index < -0.39 is 41.2 Å². The van der Waals surface area contributed by atoms with Gasteiger partial charge in [-0.05, 0) is 6.42 Å². The largest absolute Gasteiger partial charge is 0.394 e. The van der Waals surface area contributed by atoms with E-state index >= 15 is 0 Å². The average molecular weight is 857 g/mol. The van der Waals surface area contributed by atoms with Gasteiger partial charge >= 0.3 is 0 Å². The molecule has 0 aliphatic heterocycles. The van der Waals surface area contributed by atoms with Crippen molar-refractivity contribution in [3.8, 4) is 0 Å². The third-order valence-electron chi connectivity index (χ3n) is 6.13. The third-order valence-corrected chi connectivity index (χ3v) is 7.92. The fraction of sp³-hybridized carbons (Fsp3) is 1.00. The highest BCUT2D eigenvalue weighted by atomic mass is 32.2. The Morgan fingerprint density at radius 3 is 0.741 bits per heavy atom. The van der Waals surface area contributed by atoms with Gasteiger partial charge in [0.15, 0.2) is 0 Å². The summed E-state index contributed by atoms with van der Waals surface area (Å²) in [5, 5.41) is 35.2. The van der Waals surface area contributed by atoms with Crippen molar-refractivity contribution in [2.24, 2.45) is 10.8 Å². The van der Waals surface area contributed by atoms with E-state index in [2.05, 4.69) is 12.5 Å². The van der Waals surface area contributed by atoms with E-state index in [1.165, 1.54) is 0 Å². The van der Waals surface area contributed by atoms with Crippen molar-refractivity contribution in [3.05, 3.63) is 0 Å². The van der Waals surface area contributed by atoms with Crippen LogP contribution >= 0.6 is 0 Å². The summed E-state index contributed by atoms with van der Waals surface area (Å²) < 4.78 is 124. The number of rotatable bonds is 38. The Labute approximate surface area is 320 Å². The zero-order valence-corrected chi connectivity index (χ0v) is 34.4. The summed E-state index contributed by atoms with van der Waals surface area (Å²) in [6.45, 7) is 3.26. The minimum atomic E-state index is -3.60. The zero-order chi connectivity index (χ0) is 41.2. The molecule has 0 saturated heterocycles. The summed E-state index contributed by atoms with van der Waals surface area (Å²) in [7, 11) is -10.8. The second-order valence-electron chi connectivity index (χ2n) is 11.9. The maximum absolute atomic E-state index is 11.1. The lowest BCUT2D eigenvalue weighted by atomic mass is 9.92. The summed E-state index contributed by atoms with van der Waals surface area (Å²) in [5.74, 6) is 0. The highest BCUT2D eigenvalue weighted by Crippen LogP contribution is 2.22. The van der Waals surface area contributed by atoms with Crippen molar-refractivity contribution in [2.45, 2.75) is 13.3 Å². The van der Waals surface area contributed by atoms with Crippen LogP contribution < -0.4 is 0 Å². The molecule has 54 heavy (non-hydrogen) atoms. The average Bonchev–Trinajstić information content (AvgIpc) is 3.07.